The normalized spacial score (nSPS) is 10.9. The van der Waals surface area contributed by atoms with E-state index < -0.39 is 0 Å². The van der Waals surface area contributed by atoms with Crippen LogP contribution >= 0.6 is 0 Å². The molecule has 0 amide bonds. The molecule has 0 aliphatic rings. The van der Waals surface area contributed by atoms with Crippen LogP contribution in [0.2, 0.25) is 0 Å². The number of terminal acetylenes is 1. The summed E-state index contributed by atoms with van der Waals surface area (Å²) >= 11 is 0. The van der Waals surface area contributed by atoms with Crippen LogP contribution in [0.5, 0.6) is 5.75 Å². The van der Waals surface area contributed by atoms with E-state index in [9.17, 15) is 0 Å². The number of ether oxygens (including phenoxy) is 2. The summed E-state index contributed by atoms with van der Waals surface area (Å²) in [5.74, 6) is 3.40. The van der Waals surface area contributed by atoms with Gasteiger partial charge in [-0.2, -0.15) is 0 Å². The largest absolute Gasteiger partial charge is 0.497 e. The highest BCUT2D eigenvalue weighted by atomic mass is 16.5. The summed E-state index contributed by atoms with van der Waals surface area (Å²) in [4.78, 5) is 0. The fraction of sp³-hybridized carbons (Fsp3) is 0.286. The molecular formula is C14H16O2. The van der Waals surface area contributed by atoms with Crippen LogP contribution in [-0.4, -0.2) is 13.7 Å². The number of rotatable bonds is 5. The van der Waals surface area contributed by atoms with Crippen LogP contribution in [0.25, 0.3) is 0 Å². The molecule has 16 heavy (non-hydrogen) atoms. The first-order valence-corrected chi connectivity index (χ1v) is 5.10. The van der Waals surface area contributed by atoms with E-state index in [0.717, 1.165) is 16.9 Å². The molecule has 1 rings (SSSR count). The van der Waals surface area contributed by atoms with E-state index in [4.69, 9.17) is 15.9 Å². The predicted octanol–water partition coefficient (Wildman–Crippen LogP) is 2.79. The number of methoxy groups -OCH3 is 1. The van der Waals surface area contributed by atoms with Crippen LogP contribution in [0.1, 0.15) is 12.5 Å². The lowest BCUT2D eigenvalue weighted by Crippen LogP contribution is -1.93. The van der Waals surface area contributed by atoms with E-state index in [1.807, 2.05) is 37.3 Å². The third-order valence-corrected chi connectivity index (χ3v) is 2.16. The van der Waals surface area contributed by atoms with Crippen LogP contribution < -0.4 is 4.74 Å². The van der Waals surface area contributed by atoms with Gasteiger partial charge in [-0.05, 0) is 36.3 Å². The van der Waals surface area contributed by atoms with Crippen molar-refractivity contribution >= 4 is 0 Å². The molecule has 2 heteroatoms. The van der Waals surface area contributed by atoms with Crippen LogP contribution in [0, 0.1) is 12.3 Å². The Kier molecular flexibility index (Phi) is 5.18. The Morgan fingerprint density at radius 1 is 1.38 bits per heavy atom. The lowest BCUT2D eigenvalue weighted by molar-refractivity contribution is 0.148. The van der Waals surface area contributed by atoms with Crippen molar-refractivity contribution < 1.29 is 9.47 Å². The van der Waals surface area contributed by atoms with Gasteiger partial charge in [-0.25, -0.2) is 0 Å². The second-order valence-corrected chi connectivity index (χ2v) is 3.39. The van der Waals surface area contributed by atoms with Crippen molar-refractivity contribution in [3.05, 3.63) is 41.5 Å². The average molecular weight is 216 g/mol. The van der Waals surface area contributed by atoms with Gasteiger partial charge in [0.25, 0.3) is 0 Å². The molecule has 0 saturated heterocycles. The van der Waals surface area contributed by atoms with Crippen LogP contribution in [0.4, 0.5) is 0 Å². The molecule has 0 spiro atoms. The smallest absolute Gasteiger partial charge is 0.118 e. The van der Waals surface area contributed by atoms with Gasteiger partial charge in [0.2, 0.25) is 0 Å². The lowest BCUT2D eigenvalue weighted by Gasteiger charge is -2.03. The van der Waals surface area contributed by atoms with Gasteiger partial charge in [0.1, 0.15) is 5.75 Å². The molecule has 0 aliphatic carbocycles. The first kappa shape index (κ1) is 12.4. The van der Waals surface area contributed by atoms with Crippen LogP contribution in [0.3, 0.4) is 0 Å². The number of allylic oxidation sites excluding steroid dienone is 1. The van der Waals surface area contributed by atoms with Gasteiger partial charge in [0.05, 0.1) is 20.3 Å². The van der Waals surface area contributed by atoms with Crippen molar-refractivity contribution in [2.45, 2.75) is 13.5 Å². The van der Waals surface area contributed by atoms with Gasteiger partial charge in [0.15, 0.2) is 0 Å². The maximum Gasteiger partial charge on any atom is 0.118 e. The molecule has 0 heterocycles. The molecule has 84 valence electrons. The monoisotopic (exact) mass is 216 g/mol. The number of hydrogen-bond acceptors (Lipinski definition) is 2. The van der Waals surface area contributed by atoms with E-state index in [0.29, 0.717) is 13.2 Å². The molecule has 1 aromatic rings. The van der Waals surface area contributed by atoms with Crippen molar-refractivity contribution in [3.8, 4) is 18.1 Å². The molecular weight excluding hydrogens is 200 g/mol. The van der Waals surface area contributed by atoms with E-state index >= 15 is 0 Å². The average Bonchev–Trinajstić information content (AvgIpc) is 2.35. The Hall–Kier alpha value is -1.72. The van der Waals surface area contributed by atoms with E-state index in [1.54, 1.807) is 7.11 Å². The third-order valence-electron chi connectivity index (χ3n) is 2.16. The van der Waals surface area contributed by atoms with Gasteiger partial charge in [-0.3, -0.25) is 0 Å². The maximum absolute atomic E-state index is 5.45. The Balaban J connectivity index is 2.35. The van der Waals surface area contributed by atoms with E-state index in [-0.39, 0.29) is 0 Å². The molecule has 0 N–H and O–H groups in total. The molecule has 0 aromatic heterocycles. The summed E-state index contributed by atoms with van der Waals surface area (Å²) in [5.41, 5.74) is 2.02. The van der Waals surface area contributed by atoms with Gasteiger partial charge in [0, 0.05) is 0 Å². The van der Waals surface area contributed by atoms with Crippen LogP contribution in [0.15, 0.2) is 35.9 Å². The maximum atomic E-state index is 5.45. The SMILES string of the molecule is C#C/C(C)=C/COCc1ccc(OC)cc1. The Morgan fingerprint density at radius 2 is 2.06 bits per heavy atom. The lowest BCUT2D eigenvalue weighted by atomic mass is 10.2. The van der Waals surface area contributed by atoms with Gasteiger partial charge >= 0.3 is 0 Å². The zero-order valence-electron chi connectivity index (χ0n) is 9.69. The minimum atomic E-state index is 0.544. The van der Waals surface area contributed by atoms with Crippen molar-refractivity contribution in [2.24, 2.45) is 0 Å². The van der Waals surface area contributed by atoms with Crippen molar-refractivity contribution in [2.75, 3.05) is 13.7 Å². The minimum Gasteiger partial charge on any atom is -0.497 e. The summed E-state index contributed by atoms with van der Waals surface area (Å²) in [6, 6.07) is 7.80. The molecule has 0 aliphatic heterocycles. The summed E-state index contributed by atoms with van der Waals surface area (Å²) < 4.78 is 10.5. The second kappa shape index (κ2) is 6.71. The second-order valence-electron chi connectivity index (χ2n) is 3.39. The van der Waals surface area contributed by atoms with Gasteiger partial charge < -0.3 is 9.47 Å². The first-order chi connectivity index (χ1) is 7.76. The highest BCUT2D eigenvalue weighted by Gasteiger charge is 1.93. The van der Waals surface area contributed by atoms with Crippen LogP contribution in [-0.2, 0) is 11.3 Å². The summed E-state index contributed by atoms with van der Waals surface area (Å²) in [6.07, 6.45) is 7.10. The number of benzene rings is 1. The molecule has 0 radical (unpaired) electrons. The zero-order chi connectivity index (χ0) is 11.8. The predicted molar refractivity (Wildman–Crippen MR) is 65.2 cm³/mol. The molecule has 0 bridgehead atoms. The number of hydrogen-bond donors (Lipinski definition) is 0. The molecule has 2 nitrogen and oxygen atoms in total. The summed E-state index contributed by atoms with van der Waals surface area (Å²) in [6.45, 7) is 3.01. The summed E-state index contributed by atoms with van der Waals surface area (Å²) in [7, 11) is 1.65. The zero-order valence-corrected chi connectivity index (χ0v) is 9.69. The molecule has 1 aromatic carbocycles. The van der Waals surface area contributed by atoms with E-state index in [1.165, 1.54) is 0 Å². The quantitative estimate of drug-likeness (QED) is 0.556. The topological polar surface area (TPSA) is 18.5 Å². The molecule has 0 unspecified atom stereocenters. The standard InChI is InChI=1S/C14H16O2/c1-4-12(2)9-10-16-11-13-5-7-14(15-3)8-6-13/h1,5-9H,10-11H2,2-3H3/b12-9+. The van der Waals surface area contributed by atoms with E-state index in [2.05, 4.69) is 5.92 Å². The third kappa shape index (κ3) is 4.20. The highest BCUT2D eigenvalue weighted by Crippen LogP contribution is 2.11. The minimum absolute atomic E-state index is 0.544. The highest BCUT2D eigenvalue weighted by molar-refractivity contribution is 5.26. The summed E-state index contributed by atoms with van der Waals surface area (Å²) in [5, 5.41) is 0. The van der Waals surface area contributed by atoms with Gasteiger partial charge in [-0.15, -0.1) is 6.42 Å². The molecule has 0 atom stereocenters. The molecule has 0 fully saturated rings. The van der Waals surface area contributed by atoms with Gasteiger partial charge in [-0.1, -0.05) is 18.1 Å². The van der Waals surface area contributed by atoms with Crippen molar-refractivity contribution in [1.29, 1.82) is 0 Å². The first-order valence-electron chi connectivity index (χ1n) is 5.10. The Morgan fingerprint density at radius 3 is 2.62 bits per heavy atom. The van der Waals surface area contributed by atoms with Crippen molar-refractivity contribution in [1.82, 2.24) is 0 Å². The van der Waals surface area contributed by atoms with Crippen molar-refractivity contribution in [3.63, 3.8) is 0 Å². The Labute approximate surface area is 96.9 Å². The molecule has 0 saturated carbocycles. The Bertz CT molecular complexity index is 382. The fourth-order valence-corrected chi connectivity index (χ4v) is 1.14. The fourth-order valence-electron chi connectivity index (χ4n) is 1.14.